The predicted octanol–water partition coefficient (Wildman–Crippen LogP) is 6.04. The van der Waals surface area contributed by atoms with Gasteiger partial charge in [0, 0.05) is 23.2 Å². The largest absolute Gasteiger partial charge is 0.355 e. The van der Waals surface area contributed by atoms with Gasteiger partial charge in [0.15, 0.2) is 11.5 Å². The first kappa shape index (κ1) is 21.6. The Morgan fingerprint density at radius 1 is 0.818 bits per heavy atom. The van der Waals surface area contributed by atoms with Crippen LogP contribution in [0.15, 0.2) is 63.6 Å². The van der Waals surface area contributed by atoms with Crippen molar-refractivity contribution in [3.8, 4) is 34.3 Å². The molecule has 0 saturated carbocycles. The summed E-state index contributed by atoms with van der Waals surface area (Å²) >= 11 is 0. The highest BCUT2D eigenvalue weighted by molar-refractivity contribution is 5.69. The van der Waals surface area contributed by atoms with Crippen molar-refractivity contribution in [3.05, 3.63) is 65.7 Å². The Balaban J connectivity index is 1.32. The number of hydrogen-bond acceptors (Lipinski definition) is 6. The molecular weight excluding hydrogens is 412 g/mol. The molecule has 0 aliphatic carbocycles. The van der Waals surface area contributed by atoms with Crippen molar-refractivity contribution in [3.63, 3.8) is 0 Å². The fourth-order valence-corrected chi connectivity index (χ4v) is 4.50. The van der Waals surface area contributed by atoms with Crippen LogP contribution in [-0.4, -0.2) is 39.8 Å². The summed E-state index contributed by atoms with van der Waals surface area (Å²) < 4.78 is 11.3. The lowest BCUT2D eigenvalue weighted by Gasteiger charge is -2.26. The van der Waals surface area contributed by atoms with Gasteiger partial charge in [0.25, 0.3) is 5.89 Å². The van der Waals surface area contributed by atoms with Gasteiger partial charge >= 0.3 is 0 Å². The van der Waals surface area contributed by atoms with Gasteiger partial charge in [0.05, 0.1) is 0 Å². The number of rotatable bonds is 8. The molecule has 170 valence electrons. The summed E-state index contributed by atoms with van der Waals surface area (Å²) in [6, 6.07) is 18.5. The molecule has 0 N–H and O–H groups in total. The number of piperidine rings is 1. The van der Waals surface area contributed by atoms with Crippen molar-refractivity contribution in [1.82, 2.24) is 20.2 Å². The van der Waals surface area contributed by atoms with E-state index in [9.17, 15) is 0 Å². The van der Waals surface area contributed by atoms with E-state index < -0.39 is 0 Å². The Morgan fingerprint density at radius 3 is 2.36 bits per heavy atom. The minimum absolute atomic E-state index is 0.397. The maximum Gasteiger partial charge on any atom is 0.280 e. The van der Waals surface area contributed by atoms with Gasteiger partial charge in [0.2, 0.25) is 5.82 Å². The van der Waals surface area contributed by atoms with E-state index in [1.807, 2.05) is 30.3 Å². The molecule has 1 aliphatic heterocycles. The lowest BCUT2D eigenvalue weighted by Crippen LogP contribution is -2.31. The van der Waals surface area contributed by atoms with E-state index in [0.717, 1.165) is 48.3 Å². The average Bonchev–Trinajstić information content (AvgIpc) is 3.52. The van der Waals surface area contributed by atoms with Crippen molar-refractivity contribution < 1.29 is 9.05 Å². The lowest BCUT2D eigenvalue weighted by molar-refractivity contribution is 0.231. The number of likely N-dealkylation sites (tertiary alicyclic amines) is 1. The highest BCUT2D eigenvalue weighted by atomic mass is 16.5. The molecule has 33 heavy (non-hydrogen) atoms. The zero-order valence-electron chi connectivity index (χ0n) is 19.2. The number of benzene rings is 2. The number of aromatic nitrogens is 3. The topological polar surface area (TPSA) is 68.2 Å². The van der Waals surface area contributed by atoms with E-state index in [-0.39, 0.29) is 0 Å². The van der Waals surface area contributed by atoms with Crippen LogP contribution in [0.5, 0.6) is 0 Å². The summed E-state index contributed by atoms with van der Waals surface area (Å²) in [7, 11) is 0. The highest BCUT2D eigenvalue weighted by Crippen LogP contribution is 2.33. The van der Waals surface area contributed by atoms with Crippen LogP contribution in [0.2, 0.25) is 0 Å². The minimum Gasteiger partial charge on any atom is -0.355 e. The van der Waals surface area contributed by atoms with Crippen molar-refractivity contribution in [1.29, 1.82) is 0 Å². The smallest absolute Gasteiger partial charge is 0.280 e. The molecule has 0 radical (unpaired) electrons. The van der Waals surface area contributed by atoms with Crippen LogP contribution in [0, 0.1) is 0 Å². The van der Waals surface area contributed by atoms with Gasteiger partial charge in [-0.2, -0.15) is 4.98 Å². The van der Waals surface area contributed by atoms with Crippen LogP contribution in [-0.2, 0) is 12.8 Å². The van der Waals surface area contributed by atoms with E-state index in [4.69, 9.17) is 9.05 Å². The molecule has 4 aromatic rings. The molecule has 1 aliphatic rings. The molecule has 2 aromatic heterocycles. The van der Waals surface area contributed by atoms with Gasteiger partial charge in [-0.25, -0.2) is 0 Å². The Labute approximate surface area is 194 Å². The van der Waals surface area contributed by atoms with Crippen molar-refractivity contribution >= 4 is 0 Å². The molecule has 0 atom stereocenters. The fourth-order valence-electron chi connectivity index (χ4n) is 4.50. The third kappa shape index (κ3) is 4.91. The number of hydrogen-bond donors (Lipinski definition) is 0. The first-order valence-corrected chi connectivity index (χ1v) is 12.0. The van der Waals surface area contributed by atoms with E-state index in [2.05, 4.69) is 51.4 Å². The molecule has 6 nitrogen and oxygen atoms in total. The summed E-state index contributed by atoms with van der Waals surface area (Å²) in [5.74, 6) is 1.73. The summed E-state index contributed by atoms with van der Waals surface area (Å²) in [4.78, 5) is 7.21. The van der Waals surface area contributed by atoms with Crippen LogP contribution in [0.4, 0.5) is 0 Å². The monoisotopic (exact) mass is 442 g/mol. The zero-order chi connectivity index (χ0) is 22.5. The highest BCUT2D eigenvalue weighted by Gasteiger charge is 2.23. The molecule has 3 heterocycles. The third-order valence-corrected chi connectivity index (χ3v) is 6.33. The maximum absolute atomic E-state index is 5.71. The first-order chi connectivity index (χ1) is 16.3. The van der Waals surface area contributed by atoms with Crippen molar-refractivity contribution in [2.24, 2.45) is 0 Å². The normalized spacial score (nSPS) is 14.6. The molecule has 1 saturated heterocycles. The van der Waals surface area contributed by atoms with Gasteiger partial charge in [-0.1, -0.05) is 84.7 Å². The third-order valence-electron chi connectivity index (χ3n) is 6.33. The summed E-state index contributed by atoms with van der Waals surface area (Å²) in [5, 5.41) is 8.51. The molecule has 0 unspecified atom stereocenters. The van der Waals surface area contributed by atoms with Crippen LogP contribution in [0.1, 0.15) is 43.7 Å². The molecular formula is C27H30N4O2. The molecule has 0 amide bonds. The van der Waals surface area contributed by atoms with Crippen LogP contribution >= 0.6 is 0 Å². The molecule has 5 rings (SSSR count). The molecule has 0 spiro atoms. The molecule has 6 heteroatoms. The standard InChI is InChI=1S/C27H30N4O2/c1-2-9-23-24(29-32-25(23)21-10-5-3-6-11-21)27-28-26(30-33-27)22-14-12-20(13-15-22)16-19-31-17-7-4-8-18-31/h3,5-6,10-15H,2,4,7-9,16-19H2,1H3. The van der Waals surface area contributed by atoms with Crippen LogP contribution in [0.25, 0.3) is 34.3 Å². The lowest BCUT2D eigenvalue weighted by atomic mass is 10.0. The van der Waals surface area contributed by atoms with Gasteiger partial charge < -0.3 is 13.9 Å². The van der Waals surface area contributed by atoms with Crippen LogP contribution in [0.3, 0.4) is 0 Å². The Morgan fingerprint density at radius 2 is 1.61 bits per heavy atom. The number of nitrogens with zero attached hydrogens (tertiary/aromatic N) is 4. The molecule has 2 aromatic carbocycles. The van der Waals surface area contributed by atoms with Crippen molar-refractivity contribution in [2.75, 3.05) is 19.6 Å². The molecule has 0 bridgehead atoms. The van der Waals surface area contributed by atoms with Gasteiger partial charge in [-0.05, 0) is 44.3 Å². The summed E-state index contributed by atoms with van der Waals surface area (Å²) in [6.07, 6.45) is 6.90. The quantitative estimate of drug-likeness (QED) is 0.331. The second-order valence-electron chi connectivity index (χ2n) is 8.73. The zero-order valence-corrected chi connectivity index (χ0v) is 19.2. The average molecular weight is 443 g/mol. The van der Waals surface area contributed by atoms with E-state index in [1.165, 1.54) is 37.9 Å². The Bertz CT molecular complexity index is 1160. The van der Waals surface area contributed by atoms with Crippen molar-refractivity contribution in [2.45, 2.75) is 45.4 Å². The first-order valence-electron chi connectivity index (χ1n) is 12.0. The van der Waals surface area contributed by atoms with Gasteiger partial charge in [-0.3, -0.25) is 0 Å². The Kier molecular flexibility index (Phi) is 6.63. The maximum atomic E-state index is 5.71. The van der Waals surface area contributed by atoms with Gasteiger partial charge in [0.1, 0.15) is 0 Å². The van der Waals surface area contributed by atoms with Gasteiger partial charge in [-0.15, -0.1) is 0 Å². The second kappa shape index (κ2) is 10.1. The summed E-state index contributed by atoms with van der Waals surface area (Å²) in [5.41, 5.74) is 4.91. The van der Waals surface area contributed by atoms with E-state index >= 15 is 0 Å². The van der Waals surface area contributed by atoms with E-state index in [0.29, 0.717) is 17.4 Å². The molecule has 1 fully saturated rings. The predicted molar refractivity (Wildman–Crippen MR) is 129 cm³/mol. The summed E-state index contributed by atoms with van der Waals surface area (Å²) in [6.45, 7) is 5.73. The SMILES string of the molecule is CCCc1c(-c2nc(-c3ccc(CCN4CCCCC4)cc3)no2)noc1-c1ccccc1. The minimum atomic E-state index is 0.397. The Hall–Kier alpha value is -3.25. The second-order valence-corrected chi connectivity index (χ2v) is 8.73. The van der Waals surface area contributed by atoms with E-state index in [1.54, 1.807) is 0 Å². The van der Waals surface area contributed by atoms with Crippen LogP contribution < -0.4 is 0 Å². The fraction of sp³-hybridized carbons (Fsp3) is 0.370.